The highest BCUT2D eigenvalue weighted by Crippen LogP contribution is 2.25. The molecule has 4 N–H and O–H groups in total. The molecule has 0 saturated heterocycles. The fourth-order valence-electron chi connectivity index (χ4n) is 3.93. The van der Waals surface area contributed by atoms with Gasteiger partial charge in [0.05, 0.1) is 0 Å². The molecular weight excluding hydrogens is 515 g/mol. The van der Waals surface area contributed by atoms with Crippen molar-refractivity contribution in [3.8, 4) is 11.1 Å². The number of amides is 3. The summed E-state index contributed by atoms with van der Waals surface area (Å²) in [5.74, 6) is -0.634. The summed E-state index contributed by atoms with van der Waals surface area (Å²) >= 11 is 0. The predicted octanol–water partition coefficient (Wildman–Crippen LogP) is 5.90. The number of carbonyl (C=O) groups excluding carboxylic acids is 3. The Morgan fingerprint density at radius 2 is 1.48 bits per heavy atom. The van der Waals surface area contributed by atoms with Gasteiger partial charge in [-0.2, -0.15) is 0 Å². The summed E-state index contributed by atoms with van der Waals surface area (Å²) in [6, 6.07) is 13.2. The van der Waals surface area contributed by atoms with Crippen LogP contribution in [0.4, 0.5) is 14.0 Å². The molecule has 3 rings (SSSR count). The molecule has 216 valence electrons. The van der Waals surface area contributed by atoms with E-state index in [4.69, 9.17) is 9.47 Å². The molecule has 1 atom stereocenters. The van der Waals surface area contributed by atoms with Gasteiger partial charge in [0.25, 0.3) is 5.91 Å². The van der Waals surface area contributed by atoms with Crippen molar-refractivity contribution in [1.29, 1.82) is 0 Å². The molecule has 0 unspecified atom stereocenters. The van der Waals surface area contributed by atoms with Gasteiger partial charge in [-0.1, -0.05) is 24.3 Å². The lowest BCUT2D eigenvalue weighted by Crippen LogP contribution is -2.46. The second-order valence-corrected chi connectivity index (χ2v) is 11.6. The third-order valence-corrected chi connectivity index (χ3v) is 5.67. The maximum absolute atomic E-state index is 13.3. The molecule has 0 saturated carbocycles. The van der Waals surface area contributed by atoms with Gasteiger partial charge in [-0.3, -0.25) is 4.79 Å². The van der Waals surface area contributed by atoms with Gasteiger partial charge >= 0.3 is 12.2 Å². The van der Waals surface area contributed by atoms with Crippen LogP contribution in [-0.2, 0) is 9.47 Å². The van der Waals surface area contributed by atoms with E-state index in [0.29, 0.717) is 25.1 Å². The zero-order chi connectivity index (χ0) is 29.5. The molecule has 0 spiro atoms. The second kappa shape index (κ2) is 12.8. The average molecular weight is 555 g/mol. The van der Waals surface area contributed by atoms with Gasteiger partial charge < -0.3 is 30.4 Å². The topological polar surface area (TPSA) is 122 Å². The second-order valence-electron chi connectivity index (χ2n) is 11.6. The molecule has 3 amide bonds. The Morgan fingerprint density at radius 1 is 0.850 bits per heavy atom. The van der Waals surface area contributed by atoms with Crippen LogP contribution in [0.2, 0.25) is 0 Å². The number of rotatable bonds is 9. The number of benzene rings is 2. The SMILES string of the molecule is CC(C)(C)OC(=O)NCCC[C@@H](CNC(=O)c1cc2ccc(-c3ccc(F)cc3)cc2[nH]1)NC(=O)OC(C)(C)C. The zero-order valence-corrected chi connectivity index (χ0v) is 23.9. The summed E-state index contributed by atoms with van der Waals surface area (Å²) in [6.45, 7) is 11.2. The Balaban J connectivity index is 1.61. The maximum atomic E-state index is 13.3. The number of hydrogen-bond donors (Lipinski definition) is 4. The highest BCUT2D eigenvalue weighted by atomic mass is 19.1. The van der Waals surface area contributed by atoms with Crippen molar-refractivity contribution in [3.63, 3.8) is 0 Å². The number of halogens is 1. The van der Waals surface area contributed by atoms with Crippen LogP contribution in [0.3, 0.4) is 0 Å². The maximum Gasteiger partial charge on any atom is 0.407 e. The number of aromatic nitrogens is 1. The van der Waals surface area contributed by atoms with Crippen LogP contribution >= 0.6 is 0 Å². The third kappa shape index (κ3) is 9.91. The Bertz CT molecular complexity index is 1320. The number of H-pyrrole nitrogens is 1. The van der Waals surface area contributed by atoms with Crippen LogP contribution in [0.1, 0.15) is 64.9 Å². The Labute approximate surface area is 234 Å². The lowest BCUT2D eigenvalue weighted by molar-refractivity contribution is 0.0487. The molecule has 0 aliphatic heterocycles. The number of fused-ring (bicyclic) bond motifs is 1. The minimum atomic E-state index is -0.673. The average Bonchev–Trinajstić information content (AvgIpc) is 3.26. The van der Waals surface area contributed by atoms with Crippen molar-refractivity contribution in [2.24, 2.45) is 0 Å². The molecule has 0 aliphatic carbocycles. The minimum Gasteiger partial charge on any atom is -0.444 e. The molecule has 1 heterocycles. The number of ether oxygens (including phenoxy) is 2. The first-order chi connectivity index (χ1) is 18.7. The van der Waals surface area contributed by atoms with Gasteiger partial charge in [-0.05, 0) is 89.8 Å². The number of carbonyl (C=O) groups is 3. The minimum absolute atomic E-state index is 0.153. The van der Waals surface area contributed by atoms with Gasteiger partial charge in [-0.15, -0.1) is 0 Å². The number of nitrogens with one attached hydrogen (secondary N) is 4. The monoisotopic (exact) mass is 554 g/mol. The van der Waals surface area contributed by atoms with Crippen molar-refractivity contribution in [2.45, 2.75) is 71.6 Å². The largest absolute Gasteiger partial charge is 0.444 e. The van der Waals surface area contributed by atoms with Gasteiger partial charge in [0.1, 0.15) is 22.7 Å². The molecule has 3 aromatic rings. The molecule has 0 radical (unpaired) electrons. The van der Waals surface area contributed by atoms with Crippen LogP contribution < -0.4 is 16.0 Å². The zero-order valence-electron chi connectivity index (χ0n) is 23.9. The highest BCUT2D eigenvalue weighted by Gasteiger charge is 2.21. The number of aromatic amines is 1. The third-order valence-electron chi connectivity index (χ3n) is 5.67. The first kappa shape index (κ1) is 30.5. The van der Waals surface area contributed by atoms with E-state index < -0.39 is 29.4 Å². The molecule has 0 fully saturated rings. The van der Waals surface area contributed by atoms with Gasteiger partial charge in [0.15, 0.2) is 0 Å². The van der Waals surface area contributed by atoms with E-state index >= 15 is 0 Å². The summed E-state index contributed by atoms with van der Waals surface area (Å²) in [5.41, 5.74) is 1.62. The van der Waals surface area contributed by atoms with Crippen molar-refractivity contribution < 1.29 is 28.2 Å². The van der Waals surface area contributed by atoms with E-state index in [-0.39, 0.29) is 18.3 Å². The quantitative estimate of drug-likeness (QED) is 0.245. The van der Waals surface area contributed by atoms with Gasteiger partial charge in [0.2, 0.25) is 0 Å². The predicted molar refractivity (Wildman–Crippen MR) is 153 cm³/mol. The van der Waals surface area contributed by atoms with Crippen LogP contribution in [0.25, 0.3) is 22.0 Å². The molecule has 40 heavy (non-hydrogen) atoms. The Hall–Kier alpha value is -4.08. The first-order valence-corrected chi connectivity index (χ1v) is 13.3. The van der Waals surface area contributed by atoms with Crippen molar-refractivity contribution in [3.05, 3.63) is 60.0 Å². The van der Waals surface area contributed by atoms with E-state index in [9.17, 15) is 18.8 Å². The first-order valence-electron chi connectivity index (χ1n) is 13.3. The molecule has 10 heteroatoms. The smallest absolute Gasteiger partial charge is 0.407 e. The van der Waals surface area contributed by atoms with E-state index in [0.717, 1.165) is 22.0 Å². The van der Waals surface area contributed by atoms with Gasteiger partial charge in [0, 0.05) is 30.0 Å². The lowest BCUT2D eigenvalue weighted by Gasteiger charge is -2.24. The number of hydrogen-bond acceptors (Lipinski definition) is 5. The summed E-state index contributed by atoms with van der Waals surface area (Å²) in [7, 11) is 0. The summed E-state index contributed by atoms with van der Waals surface area (Å²) < 4.78 is 23.9. The van der Waals surface area contributed by atoms with Crippen LogP contribution in [-0.4, -0.2) is 53.4 Å². The van der Waals surface area contributed by atoms with E-state index in [1.165, 1.54) is 12.1 Å². The van der Waals surface area contributed by atoms with Gasteiger partial charge in [-0.25, -0.2) is 14.0 Å². The van der Waals surface area contributed by atoms with Crippen LogP contribution in [0.15, 0.2) is 48.5 Å². The Kier molecular flexibility index (Phi) is 9.78. The molecule has 0 bridgehead atoms. The van der Waals surface area contributed by atoms with Crippen LogP contribution in [0.5, 0.6) is 0 Å². The molecular formula is C30H39FN4O5. The summed E-state index contributed by atoms with van der Waals surface area (Å²) in [5, 5.41) is 9.22. The fraction of sp³-hybridized carbons (Fsp3) is 0.433. The van der Waals surface area contributed by atoms with E-state index in [1.54, 1.807) is 59.7 Å². The molecule has 1 aromatic heterocycles. The van der Waals surface area contributed by atoms with Crippen molar-refractivity contribution in [2.75, 3.05) is 13.1 Å². The summed E-state index contributed by atoms with van der Waals surface area (Å²) in [6.07, 6.45) is -0.0957. The van der Waals surface area contributed by atoms with Crippen LogP contribution in [0, 0.1) is 5.82 Å². The van der Waals surface area contributed by atoms with Crippen molar-refractivity contribution in [1.82, 2.24) is 20.9 Å². The standard InChI is InChI=1S/C30H39FN4O5/c1-29(2,3)39-27(37)32-15-7-8-23(34-28(38)40-30(4,5)6)18-33-26(36)25-17-21-10-9-20(16-24(21)35-25)19-11-13-22(31)14-12-19/h9-14,16-17,23,35H,7-8,15,18H2,1-6H3,(H,32,37)(H,33,36)(H,34,38)/t23-/m0/s1. The van der Waals surface area contributed by atoms with Crippen molar-refractivity contribution >= 4 is 29.0 Å². The lowest BCUT2D eigenvalue weighted by atomic mass is 10.0. The molecule has 0 aliphatic rings. The molecule has 2 aromatic carbocycles. The Morgan fingerprint density at radius 3 is 2.12 bits per heavy atom. The summed E-state index contributed by atoms with van der Waals surface area (Å²) in [4.78, 5) is 40.4. The van der Waals surface area contributed by atoms with E-state index in [1.807, 2.05) is 18.2 Å². The fourth-order valence-corrected chi connectivity index (χ4v) is 3.93. The molecule has 9 nitrogen and oxygen atoms in total. The van der Waals surface area contributed by atoms with E-state index in [2.05, 4.69) is 20.9 Å². The normalized spacial score (nSPS) is 12.5. The number of alkyl carbamates (subject to hydrolysis) is 2. The highest BCUT2D eigenvalue weighted by molar-refractivity contribution is 5.98.